The average Bonchev–Trinajstić information content (AvgIpc) is 2.88. The van der Waals surface area contributed by atoms with E-state index in [1.54, 1.807) is 41.8 Å². The van der Waals surface area contributed by atoms with Gasteiger partial charge in [0.05, 0.1) is 7.11 Å². The van der Waals surface area contributed by atoms with E-state index in [0.29, 0.717) is 43.7 Å². The first-order chi connectivity index (χ1) is 17.5. The molecule has 1 unspecified atom stereocenters. The summed E-state index contributed by atoms with van der Waals surface area (Å²) in [5.41, 5.74) is 1.63. The standard InChI is InChI=1S/C27H42N4O6/c1-6-7-8-19(25(34)30-36)17-22(32)29-23(27(2,3)4)26(35)31-15-13-20(14-16-31)28-24(33)18-9-11-21(37-5)12-10-18/h9-12,19-20,23,36H,6-8,13-17H2,1-5H3,(H,28,33)(H,29,32)(H,30,34)/t19?,23-/m1/s1. The second-order valence-corrected chi connectivity index (χ2v) is 10.7. The first-order valence-corrected chi connectivity index (χ1v) is 13.0. The van der Waals surface area contributed by atoms with Crippen LogP contribution in [0.5, 0.6) is 5.75 Å². The maximum atomic E-state index is 13.4. The molecule has 1 aliphatic rings. The number of likely N-dealkylation sites (tertiary alicyclic amines) is 1. The Morgan fingerprint density at radius 2 is 1.73 bits per heavy atom. The molecule has 10 heteroatoms. The Morgan fingerprint density at radius 3 is 2.24 bits per heavy atom. The molecule has 2 atom stereocenters. The lowest BCUT2D eigenvalue weighted by Gasteiger charge is -2.38. The van der Waals surface area contributed by atoms with Crippen molar-refractivity contribution in [3.63, 3.8) is 0 Å². The van der Waals surface area contributed by atoms with Gasteiger partial charge in [-0.25, -0.2) is 5.48 Å². The lowest BCUT2D eigenvalue weighted by atomic mass is 9.85. The lowest BCUT2D eigenvalue weighted by Crippen LogP contribution is -2.57. The molecule has 4 N–H and O–H groups in total. The topological polar surface area (TPSA) is 137 Å². The Morgan fingerprint density at radius 1 is 1.11 bits per heavy atom. The Balaban J connectivity index is 1.95. The van der Waals surface area contributed by atoms with Crippen molar-refractivity contribution in [3.05, 3.63) is 29.8 Å². The molecule has 0 radical (unpaired) electrons. The van der Waals surface area contributed by atoms with Gasteiger partial charge >= 0.3 is 0 Å². The molecule has 1 fully saturated rings. The van der Waals surface area contributed by atoms with Gasteiger partial charge in [0.2, 0.25) is 17.7 Å². The van der Waals surface area contributed by atoms with Crippen LogP contribution >= 0.6 is 0 Å². The van der Waals surface area contributed by atoms with Crippen molar-refractivity contribution in [1.82, 2.24) is 21.0 Å². The van der Waals surface area contributed by atoms with Gasteiger partial charge in [-0.3, -0.25) is 24.4 Å². The van der Waals surface area contributed by atoms with Gasteiger partial charge in [-0.05, 0) is 48.9 Å². The van der Waals surface area contributed by atoms with Crippen LogP contribution in [0.3, 0.4) is 0 Å². The van der Waals surface area contributed by atoms with Crippen LogP contribution in [0.1, 0.15) is 76.6 Å². The van der Waals surface area contributed by atoms with E-state index in [1.807, 2.05) is 27.7 Å². The first-order valence-electron chi connectivity index (χ1n) is 13.0. The summed E-state index contributed by atoms with van der Waals surface area (Å²) in [4.78, 5) is 52.6. The van der Waals surface area contributed by atoms with E-state index in [4.69, 9.17) is 9.94 Å². The molecule has 1 aromatic carbocycles. The molecule has 0 spiro atoms. The van der Waals surface area contributed by atoms with Crippen molar-refractivity contribution in [2.45, 2.75) is 78.3 Å². The summed E-state index contributed by atoms with van der Waals surface area (Å²) >= 11 is 0. The second-order valence-electron chi connectivity index (χ2n) is 10.7. The number of amides is 4. The maximum Gasteiger partial charge on any atom is 0.251 e. The molecule has 37 heavy (non-hydrogen) atoms. The van der Waals surface area contributed by atoms with Crippen LogP contribution < -0.4 is 20.9 Å². The number of carbonyl (C=O) groups excluding carboxylic acids is 4. The van der Waals surface area contributed by atoms with Gasteiger partial charge in [0.15, 0.2) is 0 Å². The Hall–Kier alpha value is -3.14. The zero-order chi connectivity index (χ0) is 27.6. The summed E-state index contributed by atoms with van der Waals surface area (Å²) in [6, 6.07) is 6.06. The highest BCUT2D eigenvalue weighted by atomic mass is 16.5. The van der Waals surface area contributed by atoms with E-state index in [9.17, 15) is 19.2 Å². The summed E-state index contributed by atoms with van der Waals surface area (Å²) in [7, 11) is 1.57. The van der Waals surface area contributed by atoms with Gasteiger partial charge in [-0.15, -0.1) is 0 Å². The fraction of sp³-hybridized carbons (Fsp3) is 0.630. The minimum absolute atomic E-state index is 0.0577. The summed E-state index contributed by atoms with van der Waals surface area (Å²) in [5.74, 6) is -1.34. The van der Waals surface area contributed by atoms with Gasteiger partial charge in [-0.2, -0.15) is 0 Å². The predicted molar refractivity (Wildman–Crippen MR) is 139 cm³/mol. The summed E-state index contributed by atoms with van der Waals surface area (Å²) < 4.78 is 5.13. The molecule has 10 nitrogen and oxygen atoms in total. The minimum Gasteiger partial charge on any atom is -0.497 e. The van der Waals surface area contributed by atoms with Crippen molar-refractivity contribution < 1.29 is 29.1 Å². The number of carbonyl (C=O) groups is 4. The van der Waals surface area contributed by atoms with E-state index >= 15 is 0 Å². The molecule has 0 aliphatic carbocycles. The van der Waals surface area contributed by atoms with Crippen molar-refractivity contribution in [2.24, 2.45) is 11.3 Å². The molecular formula is C27H42N4O6. The van der Waals surface area contributed by atoms with Crippen LogP contribution in [-0.4, -0.2) is 66.0 Å². The van der Waals surface area contributed by atoms with Crippen LogP contribution in [0.25, 0.3) is 0 Å². The molecule has 206 valence electrons. The monoisotopic (exact) mass is 518 g/mol. The number of unbranched alkanes of at least 4 members (excludes halogenated alkanes) is 1. The predicted octanol–water partition coefficient (Wildman–Crippen LogP) is 2.65. The number of hydrogen-bond donors (Lipinski definition) is 4. The molecular weight excluding hydrogens is 476 g/mol. The summed E-state index contributed by atoms with van der Waals surface area (Å²) in [6.07, 6.45) is 3.18. The number of hydrogen-bond acceptors (Lipinski definition) is 6. The Bertz CT molecular complexity index is 920. The number of piperidine rings is 1. The number of nitrogens with zero attached hydrogens (tertiary/aromatic N) is 1. The van der Waals surface area contributed by atoms with E-state index < -0.39 is 29.2 Å². The molecule has 1 aliphatic heterocycles. The quantitative estimate of drug-likeness (QED) is 0.263. The van der Waals surface area contributed by atoms with Crippen molar-refractivity contribution >= 4 is 23.6 Å². The average molecular weight is 519 g/mol. The molecule has 2 rings (SSSR count). The van der Waals surface area contributed by atoms with E-state index in [-0.39, 0.29) is 24.3 Å². The zero-order valence-electron chi connectivity index (χ0n) is 22.6. The fourth-order valence-electron chi connectivity index (χ4n) is 4.40. The van der Waals surface area contributed by atoms with Crippen LogP contribution in [-0.2, 0) is 14.4 Å². The number of methoxy groups -OCH3 is 1. The van der Waals surface area contributed by atoms with Gasteiger partial charge in [0.25, 0.3) is 5.91 Å². The lowest BCUT2D eigenvalue weighted by molar-refractivity contribution is -0.141. The summed E-state index contributed by atoms with van der Waals surface area (Å²) in [5, 5.41) is 14.9. The van der Waals surface area contributed by atoms with Gasteiger partial charge in [0.1, 0.15) is 11.8 Å². The number of nitrogens with one attached hydrogen (secondary N) is 3. The largest absolute Gasteiger partial charge is 0.497 e. The third-order valence-electron chi connectivity index (χ3n) is 6.73. The van der Waals surface area contributed by atoms with Crippen LogP contribution in [0.4, 0.5) is 0 Å². The molecule has 0 saturated carbocycles. The van der Waals surface area contributed by atoms with Crippen LogP contribution in [0.2, 0.25) is 0 Å². The first kappa shape index (κ1) is 30.1. The zero-order valence-corrected chi connectivity index (χ0v) is 22.6. The van der Waals surface area contributed by atoms with Crippen molar-refractivity contribution in [2.75, 3.05) is 20.2 Å². The maximum absolute atomic E-state index is 13.4. The molecule has 1 saturated heterocycles. The number of rotatable bonds is 11. The van der Waals surface area contributed by atoms with Gasteiger partial charge < -0.3 is 20.3 Å². The van der Waals surface area contributed by atoms with Crippen LogP contribution in [0, 0.1) is 11.3 Å². The smallest absolute Gasteiger partial charge is 0.251 e. The van der Waals surface area contributed by atoms with Crippen LogP contribution in [0.15, 0.2) is 24.3 Å². The number of ether oxygens (including phenoxy) is 1. The molecule has 4 amide bonds. The fourth-order valence-corrected chi connectivity index (χ4v) is 4.40. The van der Waals surface area contributed by atoms with E-state index in [1.165, 1.54) is 0 Å². The highest BCUT2D eigenvalue weighted by molar-refractivity contribution is 5.94. The molecule has 0 aromatic heterocycles. The third-order valence-corrected chi connectivity index (χ3v) is 6.73. The highest BCUT2D eigenvalue weighted by Gasteiger charge is 2.37. The molecule has 0 bridgehead atoms. The molecule has 1 heterocycles. The van der Waals surface area contributed by atoms with E-state index in [2.05, 4.69) is 10.6 Å². The van der Waals surface area contributed by atoms with Gasteiger partial charge in [-0.1, -0.05) is 40.5 Å². The highest BCUT2D eigenvalue weighted by Crippen LogP contribution is 2.24. The second kappa shape index (κ2) is 14.0. The summed E-state index contributed by atoms with van der Waals surface area (Å²) in [6.45, 7) is 8.55. The van der Waals surface area contributed by atoms with E-state index in [0.717, 1.165) is 12.8 Å². The minimum atomic E-state index is -0.769. The van der Waals surface area contributed by atoms with Gasteiger partial charge in [0, 0.05) is 37.0 Å². The van der Waals surface area contributed by atoms with Crippen molar-refractivity contribution in [1.29, 1.82) is 0 Å². The number of hydroxylamine groups is 1. The van der Waals surface area contributed by atoms with Crippen molar-refractivity contribution in [3.8, 4) is 5.75 Å². The normalized spacial score (nSPS) is 15.9. The molecule has 1 aromatic rings. The third kappa shape index (κ3) is 9.03. The Labute approximate surface area is 219 Å². The Kier molecular flexibility index (Phi) is 11.4. The number of benzene rings is 1. The SMILES string of the molecule is CCCCC(CC(=O)N[C@H](C(=O)N1CCC(NC(=O)c2ccc(OC)cc2)CC1)C(C)(C)C)C(=O)NO.